The molecule has 3 N–H and O–H groups in total. The number of rotatable bonds is 7. The molecule has 0 aromatic rings. The number of hydrogen-bond acceptors (Lipinski definition) is 3. The minimum Gasteiger partial charge on any atom is -0.392 e. The van der Waals surface area contributed by atoms with Crippen LogP contribution in [0.25, 0.3) is 0 Å². The van der Waals surface area contributed by atoms with Crippen molar-refractivity contribution >= 4 is 5.91 Å². The molecule has 4 heteroatoms. The Labute approximate surface area is 104 Å². The quantitative estimate of drug-likeness (QED) is 0.625. The predicted molar refractivity (Wildman–Crippen MR) is 68.7 cm³/mol. The standard InChI is InChI=1S/C13H26N2O2/c1-3-14-13(17)10(2)15-9-12(16)8-11-6-4-5-7-11/h10-12,15-16H,3-9H2,1-2H3,(H,14,17). The van der Waals surface area contributed by atoms with Crippen LogP contribution in [0.3, 0.4) is 0 Å². The summed E-state index contributed by atoms with van der Waals surface area (Å²) in [5.74, 6) is 0.687. The first-order chi connectivity index (χ1) is 8.13. The fraction of sp³-hybridized carbons (Fsp3) is 0.923. The Morgan fingerprint density at radius 1 is 1.41 bits per heavy atom. The number of carbonyl (C=O) groups is 1. The Morgan fingerprint density at radius 3 is 2.65 bits per heavy atom. The normalized spacial score (nSPS) is 20.2. The first kappa shape index (κ1) is 14.5. The summed E-state index contributed by atoms with van der Waals surface area (Å²) < 4.78 is 0. The molecule has 1 aliphatic carbocycles. The minimum atomic E-state index is -0.324. The number of carbonyl (C=O) groups excluding carboxylic acids is 1. The van der Waals surface area contributed by atoms with E-state index < -0.39 is 0 Å². The Morgan fingerprint density at radius 2 is 2.06 bits per heavy atom. The van der Waals surface area contributed by atoms with E-state index in [-0.39, 0.29) is 18.1 Å². The zero-order chi connectivity index (χ0) is 12.7. The predicted octanol–water partition coefficient (Wildman–Crippen LogP) is 1.04. The SMILES string of the molecule is CCNC(=O)C(C)NCC(O)CC1CCCC1. The molecule has 1 saturated carbocycles. The van der Waals surface area contributed by atoms with Crippen LogP contribution in [0.15, 0.2) is 0 Å². The van der Waals surface area contributed by atoms with E-state index in [4.69, 9.17) is 0 Å². The van der Waals surface area contributed by atoms with E-state index in [1.165, 1.54) is 25.7 Å². The van der Waals surface area contributed by atoms with Crippen molar-refractivity contribution in [1.29, 1.82) is 0 Å². The zero-order valence-corrected chi connectivity index (χ0v) is 11.0. The van der Waals surface area contributed by atoms with Crippen molar-refractivity contribution in [2.75, 3.05) is 13.1 Å². The van der Waals surface area contributed by atoms with Crippen LogP contribution in [0.2, 0.25) is 0 Å². The smallest absolute Gasteiger partial charge is 0.236 e. The zero-order valence-electron chi connectivity index (χ0n) is 11.0. The van der Waals surface area contributed by atoms with Gasteiger partial charge >= 0.3 is 0 Å². The lowest BCUT2D eigenvalue weighted by Gasteiger charge is -2.18. The summed E-state index contributed by atoms with van der Waals surface area (Å²) in [6.07, 6.45) is 5.66. The average molecular weight is 242 g/mol. The molecule has 0 aliphatic heterocycles. The van der Waals surface area contributed by atoms with E-state index >= 15 is 0 Å². The highest BCUT2D eigenvalue weighted by Crippen LogP contribution is 2.28. The number of aliphatic hydroxyl groups excluding tert-OH is 1. The van der Waals surface area contributed by atoms with Crippen molar-refractivity contribution in [2.24, 2.45) is 5.92 Å². The second kappa shape index (κ2) is 7.67. The van der Waals surface area contributed by atoms with Gasteiger partial charge in [-0.3, -0.25) is 4.79 Å². The average Bonchev–Trinajstić information content (AvgIpc) is 2.79. The molecule has 1 aliphatic rings. The maximum atomic E-state index is 11.4. The van der Waals surface area contributed by atoms with Crippen LogP contribution < -0.4 is 10.6 Å². The van der Waals surface area contributed by atoms with Crippen molar-refractivity contribution in [3.8, 4) is 0 Å². The van der Waals surface area contributed by atoms with Crippen LogP contribution in [-0.4, -0.2) is 36.2 Å². The molecule has 1 amide bonds. The molecule has 0 radical (unpaired) electrons. The molecule has 1 fully saturated rings. The second-order valence-electron chi connectivity index (χ2n) is 5.06. The maximum Gasteiger partial charge on any atom is 0.236 e. The van der Waals surface area contributed by atoms with Crippen LogP contribution in [0.4, 0.5) is 0 Å². The molecular formula is C13H26N2O2. The maximum absolute atomic E-state index is 11.4. The van der Waals surface area contributed by atoms with Gasteiger partial charge in [-0.25, -0.2) is 0 Å². The van der Waals surface area contributed by atoms with Gasteiger partial charge in [-0.1, -0.05) is 25.7 Å². The van der Waals surface area contributed by atoms with E-state index in [0.29, 0.717) is 19.0 Å². The number of hydrogen-bond donors (Lipinski definition) is 3. The summed E-state index contributed by atoms with van der Waals surface area (Å²) in [6.45, 7) is 4.89. The van der Waals surface area contributed by atoms with Gasteiger partial charge in [0, 0.05) is 13.1 Å². The van der Waals surface area contributed by atoms with Gasteiger partial charge in [-0.2, -0.15) is 0 Å². The summed E-state index contributed by atoms with van der Waals surface area (Å²) in [5.41, 5.74) is 0. The van der Waals surface area contributed by atoms with E-state index in [2.05, 4.69) is 10.6 Å². The third kappa shape index (κ3) is 5.50. The molecule has 4 nitrogen and oxygen atoms in total. The first-order valence-corrected chi connectivity index (χ1v) is 6.82. The minimum absolute atomic E-state index is 0.000524. The molecule has 100 valence electrons. The van der Waals surface area contributed by atoms with Gasteiger partial charge in [0.2, 0.25) is 5.91 Å². The van der Waals surface area contributed by atoms with Gasteiger partial charge in [0.15, 0.2) is 0 Å². The second-order valence-corrected chi connectivity index (χ2v) is 5.06. The molecule has 0 aromatic carbocycles. The highest BCUT2D eigenvalue weighted by atomic mass is 16.3. The van der Waals surface area contributed by atoms with Crippen molar-refractivity contribution < 1.29 is 9.90 Å². The van der Waals surface area contributed by atoms with Crippen LogP contribution in [-0.2, 0) is 4.79 Å². The Bertz CT molecular complexity index is 227. The summed E-state index contributed by atoms with van der Waals surface area (Å²) in [7, 11) is 0. The Hall–Kier alpha value is -0.610. The van der Waals surface area contributed by atoms with Crippen molar-refractivity contribution in [3.05, 3.63) is 0 Å². The van der Waals surface area contributed by atoms with E-state index in [0.717, 1.165) is 6.42 Å². The number of aliphatic hydroxyl groups is 1. The summed E-state index contributed by atoms with van der Waals surface area (Å²) >= 11 is 0. The Kier molecular flexibility index (Phi) is 6.52. The summed E-state index contributed by atoms with van der Waals surface area (Å²) in [4.78, 5) is 11.4. The summed E-state index contributed by atoms with van der Waals surface area (Å²) in [6, 6.07) is -0.229. The van der Waals surface area contributed by atoms with Gasteiger partial charge in [0.05, 0.1) is 12.1 Å². The molecule has 0 saturated heterocycles. The van der Waals surface area contributed by atoms with Crippen LogP contribution in [0, 0.1) is 5.92 Å². The molecule has 0 bridgehead atoms. The van der Waals surface area contributed by atoms with Crippen molar-refractivity contribution in [2.45, 2.75) is 58.1 Å². The topological polar surface area (TPSA) is 61.4 Å². The third-order valence-corrected chi connectivity index (χ3v) is 3.48. The molecule has 0 spiro atoms. The summed E-state index contributed by atoms with van der Waals surface area (Å²) in [5, 5.41) is 15.7. The highest BCUT2D eigenvalue weighted by Gasteiger charge is 2.19. The lowest BCUT2D eigenvalue weighted by molar-refractivity contribution is -0.122. The van der Waals surface area contributed by atoms with Gasteiger partial charge < -0.3 is 15.7 Å². The fourth-order valence-electron chi connectivity index (χ4n) is 2.45. The fourth-order valence-corrected chi connectivity index (χ4v) is 2.45. The lowest BCUT2D eigenvalue weighted by atomic mass is 10.00. The molecule has 2 unspecified atom stereocenters. The molecule has 0 heterocycles. The third-order valence-electron chi connectivity index (χ3n) is 3.48. The number of nitrogens with one attached hydrogen (secondary N) is 2. The number of amides is 1. The largest absolute Gasteiger partial charge is 0.392 e. The monoisotopic (exact) mass is 242 g/mol. The van der Waals surface area contributed by atoms with Crippen molar-refractivity contribution in [1.82, 2.24) is 10.6 Å². The van der Waals surface area contributed by atoms with Crippen LogP contribution in [0.5, 0.6) is 0 Å². The van der Waals surface area contributed by atoms with Gasteiger partial charge in [-0.05, 0) is 26.2 Å². The van der Waals surface area contributed by atoms with Gasteiger partial charge in [-0.15, -0.1) is 0 Å². The van der Waals surface area contributed by atoms with Crippen LogP contribution in [0.1, 0.15) is 46.0 Å². The lowest BCUT2D eigenvalue weighted by Crippen LogP contribution is -2.44. The van der Waals surface area contributed by atoms with Crippen LogP contribution >= 0.6 is 0 Å². The molecule has 2 atom stereocenters. The van der Waals surface area contributed by atoms with Crippen molar-refractivity contribution in [3.63, 3.8) is 0 Å². The molecule has 17 heavy (non-hydrogen) atoms. The van der Waals surface area contributed by atoms with E-state index in [1.54, 1.807) is 0 Å². The Balaban J connectivity index is 2.13. The number of likely N-dealkylation sites (N-methyl/N-ethyl adjacent to an activating group) is 1. The first-order valence-electron chi connectivity index (χ1n) is 6.82. The van der Waals surface area contributed by atoms with Gasteiger partial charge in [0.25, 0.3) is 0 Å². The molecule has 1 rings (SSSR count). The molecular weight excluding hydrogens is 216 g/mol. The van der Waals surface area contributed by atoms with E-state index in [9.17, 15) is 9.90 Å². The van der Waals surface area contributed by atoms with E-state index in [1.807, 2.05) is 13.8 Å². The molecule has 0 aromatic heterocycles. The van der Waals surface area contributed by atoms with Gasteiger partial charge in [0.1, 0.15) is 0 Å². The highest BCUT2D eigenvalue weighted by molar-refractivity contribution is 5.81.